The third-order valence-electron chi connectivity index (χ3n) is 1.85. The third-order valence-corrected chi connectivity index (χ3v) is 1.85. The third kappa shape index (κ3) is 3.03. The monoisotopic (exact) mass is 183 g/mol. The summed E-state index contributed by atoms with van der Waals surface area (Å²) >= 11 is 0. The van der Waals surface area contributed by atoms with Crippen LogP contribution in [-0.4, -0.2) is 18.3 Å². The summed E-state index contributed by atoms with van der Waals surface area (Å²) in [6, 6.07) is 4.63. The van der Waals surface area contributed by atoms with Crippen molar-refractivity contribution in [1.82, 2.24) is 0 Å². The Bertz CT molecular complexity index is 276. The topological polar surface area (TPSA) is 32.3 Å². The highest BCUT2D eigenvalue weighted by molar-refractivity contribution is 5.50. The molecule has 13 heavy (non-hydrogen) atoms. The van der Waals surface area contributed by atoms with Crippen molar-refractivity contribution < 1.29 is 9.50 Å². The summed E-state index contributed by atoms with van der Waals surface area (Å²) in [4.78, 5) is 0. The van der Waals surface area contributed by atoms with E-state index in [1.165, 1.54) is 12.1 Å². The van der Waals surface area contributed by atoms with Gasteiger partial charge in [0.1, 0.15) is 5.82 Å². The molecule has 2 N–H and O–H groups in total. The second-order valence-electron chi connectivity index (χ2n) is 2.96. The average molecular weight is 183 g/mol. The van der Waals surface area contributed by atoms with Gasteiger partial charge in [0.25, 0.3) is 0 Å². The van der Waals surface area contributed by atoms with Crippen LogP contribution in [0.25, 0.3) is 0 Å². The molecular formula is C10H14FNO. The normalized spacial score (nSPS) is 10.1. The van der Waals surface area contributed by atoms with Crippen molar-refractivity contribution in [3.05, 3.63) is 29.6 Å². The van der Waals surface area contributed by atoms with Crippen LogP contribution >= 0.6 is 0 Å². The van der Waals surface area contributed by atoms with Crippen LogP contribution in [0.2, 0.25) is 0 Å². The molecule has 0 heterocycles. The molecule has 0 aromatic heterocycles. The first-order valence-corrected chi connectivity index (χ1v) is 4.35. The lowest BCUT2D eigenvalue weighted by molar-refractivity contribution is 0.292. The van der Waals surface area contributed by atoms with Crippen molar-refractivity contribution in [2.24, 2.45) is 0 Å². The molecule has 0 saturated heterocycles. The quantitative estimate of drug-likeness (QED) is 0.699. The van der Waals surface area contributed by atoms with Gasteiger partial charge in [-0.3, -0.25) is 0 Å². The smallest absolute Gasteiger partial charge is 0.125 e. The zero-order valence-corrected chi connectivity index (χ0v) is 7.68. The van der Waals surface area contributed by atoms with E-state index in [1.807, 2.05) is 6.92 Å². The van der Waals surface area contributed by atoms with E-state index in [0.29, 0.717) is 13.0 Å². The number of hydrogen-bond acceptors (Lipinski definition) is 2. The van der Waals surface area contributed by atoms with Crippen LogP contribution in [0.5, 0.6) is 0 Å². The molecular weight excluding hydrogens is 169 g/mol. The van der Waals surface area contributed by atoms with Crippen molar-refractivity contribution >= 4 is 5.69 Å². The molecule has 3 heteroatoms. The van der Waals surface area contributed by atoms with E-state index < -0.39 is 0 Å². The highest BCUT2D eigenvalue weighted by Crippen LogP contribution is 2.15. The van der Waals surface area contributed by atoms with E-state index in [4.69, 9.17) is 5.11 Å². The molecule has 1 rings (SSSR count). The molecule has 0 aliphatic carbocycles. The van der Waals surface area contributed by atoms with E-state index in [-0.39, 0.29) is 12.4 Å². The standard InChI is InChI=1S/C10H14FNO/c1-8-3-4-9(11)7-10(8)12-5-2-6-13/h3-4,7,12-13H,2,5-6H2,1H3. The molecule has 0 saturated carbocycles. The Morgan fingerprint density at radius 3 is 2.92 bits per heavy atom. The zero-order chi connectivity index (χ0) is 9.68. The maximum atomic E-state index is 12.8. The molecule has 0 amide bonds. The number of hydrogen-bond donors (Lipinski definition) is 2. The molecule has 72 valence electrons. The fraction of sp³-hybridized carbons (Fsp3) is 0.400. The Morgan fingerprint density at radius 1 is 1.46 bits per heavy atom. The summed E-state index contributed by atoms with van der Waals surface area (Å²) in [5.74, 6) is -0.239. The Hall–Kier alpha value is -1.09. The Balaban J connectivity index is 2.59. The van der Waals surface area contributed by atoms with Crippen LogP contribution in [0, 0.1) is 12.7 Å². The van der Waals surface area contributed by atoms with Gasteiger partial charge in [-0.15, -0.1) is 0 Å². The van der Waals surface area contributed by atoms with Crippen LogP contribution in [0.3, 0.4) is 0 Å². The number of rotatable bonds is 4. The van der Waals surface area contributed by atoms with Crippen molar-refractivity contribution in [3.63, 3.8) is 0 Å². The van der Waals surface area contributed by atoms with E-state index in [2.05, 4.69) is 5.32 Å². The predicted molar refractivity (Wildman–Crippen MR) is 51.3 cm³/mol. The lowest BCUT2D eigenvalue weighted by Crippen LogP contribution is -2.04. The number of aliphatic hydroxyl groups is 1. The highest BCUT2D eigenvalue weighted by Gasteiger charge is 1.98. The van der Waals surface area contributed by atoms with Gasteiger partial charge in [-0.1, -0.05) is 6.07 Å². The van der Waals surface area contributed by atoms with E-state index in [0.717, 1.165) is 11.3 Å². The number of anilines is 1. The highest BCUT2D eigenvalue weighted by atomic mass is 19.1. The molecule has 0 bridgehead atoms. The van der Waals surface area contributed by atoms with Crippen LogP contribution in [0.4, 0.5) is 10.1 Å². The number of aryl methyl sites for hydroxylation is 1. The Morgan fingerprint density at radius 2 is 2.23 bits per heavy atom. The van der Waals surface area contributed by atoms with Crippen LogP contribution in [-0.2, 0) is 0 Å². The molecule has 1 aromatic rings. The minimum absolute atomic E-state index is 0.154. The SMILES string of the molecule is Cc1ccc(F)cc1NCCCO. The lowest BCUT2D eigenvalue weighted by atomic mass is 10.2. The minimum Gasteiger partial charge on any atom is -0.396 e. The van der Waals surface area contributed by atoms with E-state index in [1.54, 1.807) is 6.07 Å². The van der Waals surface area contributed by atoms with Crippen LogP contribution in [0.1, 0.15) is 12.0 Å². The largest absolute Gasteiger partial charge is 0.396 e. The maximum Gasteiger partial charge on any atom is 0.125 e. The fourth-order valence-corrected chi connectivity index (χ4v) is 1.09. The first-order chi connectivity index (χ1) is 6.24. The van der Waals surface area contributed by atoms with Gasteiger partial charge in [-0.25, -0.2) is 4.39 Å². The van der Waals surface area contributed by atoms with Crippen LogP contribution in [0.15, 0.2) is 18.2 Å². The first kappa shape index (κ1) is 9.99. The van der Waals surface area contributed by atoms with Gasteiger partial charge in [0, 0.05) is 18.8 Å². The number of nitrogens with one attached hydrogen (secondary N) is 1. The minimum atomic E-state index is -0.239. The number of benzene rings is 1. The summed E-state index contributed by atoms with van der Waals surface area (Å²) in [5, 5.41) is 11.6. The Labute approximate surface area is 77.4 Å². The van der Waals surface area contributed by atoms with Gasteiger partial charge in [-0.2, -0.15) is 0 Å². The predicted octanol–water partition coefficient (Wildman–Crippen LogP) is 1.93. The van der Waals surface area contributed by atoms with Gasteiger partial charge in [0.2, 0.25) is 0 Å². The molecule has 0 spiro atoms. The van der Waals surface area contributed by atoms with E-state index >= 15 is 0 Å². The molecule has 0 radical (unpaired) electrons. The Kier molecular flexibility index (Phi) is 3.71. The van der Waals surface area contributed by atoms with Gasteiger partial charge in [-0.05, 0) is 31.0 Å². The van der Waals surface area contributed by atoms with Crippen molar-refractivity contribution in [1.29, 1.82) is 0 Å². The molecule has 0 atom stereocenters. The summed E-state index contributed by atoms with van der Waals surface area (Å²) in [5.41, 5.74) is 1.81. The molecule has 0 unspecified atom stereocenters. The van der Waals surface area contributed by atoms with Crippen molar-refractivity contribution in [2.45, 2.75) is 13.3 Å². The lowest BCUT2D eigenvalue weighted by Gasteiger charge is -2.08. The van der Waals surface area contributed by atoms with E-state index in [9.17, 15) is 4.39 Å². The van der Waals surface area contributed by atoms with Crippen molar-refractivity contribution in [2.75, 3.05) is 18.5 Å². The summed E-state index contributed by atoms with van der Waals surface area (Å²) in [6.45, 7) is 2.74. The van der Waals surface area contributed by atoms with Crippen LogP contribution < -0.4 is 5.32 Å². The summed E-state index contributed by atoms with van der Waals surface area (Å²) < 4.78 is 12.8. The number of aliphatic hydroxyl groups excluding tert-OH is 1. The molecule has 0 fully saturated rings. The van der Waals surface area contributed by atoms with Gasteiger partial charge < -0.3 is 10.4 Å². The number of halogens is 1. The summed E-state index contributed by atoms with van der Waals surface area (Å²) in [6.07, 6.45) is 0.677. The molecule has 2 nitrogen and oxygen atoms in total. The van der Waals surface area contributed by atoms with Gasteiger partial charge in [0.15, 0.2) is 0 Å². The molecule has 0 aliphatic rings. The second kappa shape index (κ2) is 4.82. The molecule has 1 aromatic carbocycles. The van der Waals surface area contributed by atoms with Gasteiger partial charge >= 0.3 is 0 Å². The first-order valence-electron chi connectivity index (χ1n) is 4.35. The fourth-order valence-electron chi connectivity index (χ4n) is 1.09. The molecule has 0 aliphatic heterocycles. The maximum absolute atomic E-state index is 12.8. The van der Waals surface area contributed by atoms with Crippen molar-refractivity contribution in [3.8, 4) is 0 Å². The summed E-state index contributed by atoms with van der Waals surface area (Å²) in [7, 11) is 0. The van der Waals surface area contributed by atoms with Gasteiger partial charge in [0.05, 0.1) is 0 Å². The average Bonchev–Trinajstić information content (AvgIpc) is 2.11. The zero-order valence-electron chi connectivity index (χ0n) is 7.68. The second-order valence-corrected chi connectivity index (χ2v) is 2.96.